The lowest BCUT2D eigenvalue weighted by molar-refractivity contribution is -0.182. The maximum atomic E-state index is 12.3. The maximum absolute atomic E-state index is 12.3. The third-order valence-electron chi connectivity index (χ3n) is 2.88. The van der Waals surface area contributed by atoms with Gasteiger partial charge >= 0.3 is 24.2 Å². The van der Waals surface area contributed by atoms with Crippen molar-refractivity contribution in [2.45, 2.75) is 12.4 Å². The fraction of sp³-hybridized carbons (Fsp3) is 0.143. The molecule has 0 aliphatic rings. The van der Waals surface area contributed by atoms with E-state index in [1.807, 2.05) is 0 Å². The molecule has 2 aromatic heterocycles. The number of alkyl halides is 6. The summed E-state index contributed by atoms with van der Waals surface area (Å²) in [5.41, 5.74) is 15.4. The van der Waals surface area contributed by atoms with Crippen LogP contribution in [0.3, 0.4) is 0 Å². The molecule has 0 bridgehead atoms. The Morgan fingerprint density at radius 2 is 1.20 bits per heavy atom. The van der Waals surface area contributed by atoms with Gasteiger partial charge in [-0.3, -0.25) is 9.59 Å². The summed E-state index contributed by atoms with van der Waals surface area (Å²) in [4.78, 5) is 27.7. The summed E-state index contributed by atoms with van der Waals surface area (Å²) in [7, 11) is 0. The van der Waals surface area contributed by atoms with Crippen molar-refractivity contribution in [3.05, 3.63) is 34.6 Å². The maximum Gasteiger partial charge on any atom is 0.472 e. The molecular formula is C14H10Cl2F6N6O2. The zero-order valence-electron chi connectivity index (χ0n) is 14.2. The topological polar surface area (TPSA) is 141 Å². The molecule has 0 fully saturated rings. The van der Waals surface area contributed by atoms with Crippen LogP contribution >= 0.6 is 23.2 Å². The van der Waals surface area contributed by atoms with Crippen LogP contribution in [0, 0.1) is 0 Å². The molecule has 2 heterocycles. The summed E-state index contributed by atoms with van der Waals surface area (Å²) in [6.07, 6.45) is -9.40. The predicted molar refractivity (Wildman–Crippen MR) is 96.3 cm³/mol. The van der Waals surface area contributed by atoms with Crippen molar-refractivity contribution < 1.29 is 35.9 Å². The Kier molecular flexibility index (Phi) is 7.69. The van der Waals surface area contributed by atoms with Crippen molar-refractivity contribution in [3.63, 3.8) is 0 Å². The highest BCUT2D eigenvalue weighted by Gasteiger charge is 2.53. The smallest absolute Gasteiger partial charge is 0.396 e. The lowest BCUT2D eigenvalue weighted by Gasteiger charge is -2.23. The standard InChI is InChI=1S/C9H4ClF6N3O2.C5H6ClN3/c10-3-1-4(17)5(18-2-3)19(6(20)8(11,12)13)7(21)9(14,15)16;6-3-1-4(7)5(8)9-2-3/h1-2H,17H2;1-2H,7H2,(H2,8,9). The minimum Gasteiger partial charge on any atom is -0.396 e. The predicted octanol–water partition coefficient (Wildman–Crippen LogP) is 3.20. The summed E-state index contributed by atoms with van der Waals surface area (Å²) in [6, 6.07) is 2.30. The van der Waals surface area contributed by atoms with Crippen molar-refractivity contribution in [2.24, 2.45) is 0 Å². The number of aromatic nitrogens is 2. The number of imide groups is 1. The molecule has 2 aromatic rings. The summed E-state index contributed by atoms with van der Waals surface area (Å²) in [5.74, 6) is -7.15. The fourth-order valence-corrected chi connectivity index (χ4v) is 1.97. The molecule has 0 atom stereocenters. The molecule has 2 amide bonds. The molecule has 0 aromatic carbocycles. The van der Waals surface area contributed by atoms with Crippen molar-refractivity contribution >= 4 is 58.0 Å². The van der Waals surface area contributed by atoms with Gasteiger partial charge in [0.2, 0.25) is 0 Å². The number of carbonyl (C=O) groups excluding carboxylic acids is 2. The molecule has 0 saturated carbocycles. The van der Waals surface area contributed by atoms with Gasteiger partial charge in [-0.25, -0.2) is 14.9 Å². The van der Waals surface area contributed by atoms with Crippen LogP contribution in [0.25, 0.3) is 0 Å². The average molecular weight is 479 g/mol. The molecule has 0 saturated heterocycles. The van der Waals surface area contributed by atoms with E-state index in [1.165, 1.54) is 6.20 Å². The number of anilines is 4. The van der Waals surface area contributed by atoms with E-state index in [-0.39, 0.29) is 5.02 Å². The molecule has 0 aliphatic carbocycles. The number of amides is 2. The second-order valence-electron chi connectivity index (χ2n) is 5.14. The minimum absolute atomic E-state index is 0.213. The number of rotatable bonds is 1. The van der Waals surface area contributed by atoms with Crippen LogP contribution in [-0.2, 0) is 9.59 Å². The molecule has 0 unspecified atom stereocenters. The quantitative estimate of drug-likeness (QED) is 0.534. The summed E-state index contributed by atoms with van der Waals surface area (Å²) in [5, 5.41) is 0.289. The Hall–Kier alpha value is -3.00. The lowest BCUT2D eigenvalue weighted by atomic mass is 10.3. The second kappa shape index (κ2) is 9.21. The average Bonchev–Trinajstić information content (AvgIpc) is 2.59. The van der Waals surface area contributed by atoms with Gasteiger partial charge in [0.05, 0.1) is 21.4 Å². The van der Waals surface area contributed by atoms with Gasteiger partial charge in [0.15, 0.2) is 5.82 Å². The molecule has 0 spiro atoms. The normalized spacial score (nSPS) is 11.3. The lowest BCUT2D eigenvalue weighted by Crippen LogP contribution is -2.51. The summed E-state index contributed by atoms with van der Waals surface area (Å²) in [6.45, 7) is 0. The number of pyridine rings is 2. The van der Waals surface area contributed by atoms with E-state index in [9.17, 15) is 35.9 Å². The van der Waals surface area contributed by atoms with Gasteiger partial charge in [-0.2, -0.15) is 26.3 Å². The fourth-order valence-electron chi connectivity index (χ4n) is 1.64. The molecule has 8 nitrogen and oxygen atoms in total. The third-order valence-corrected chi connectivity index (χ3v) is 3.29. The van der Waals surface area contributed by atoms with Crippen LogP contribution in [0.5, 0.6) is 0 Å². The Morgan fingerprint density at radius 3 is 1.53 bits per heavy atom. The minimum atomic E-state index is -5.74. The number of hydrogen-bond acceptors (Lipinski definition) is 7. The molecular weight excluding hydrogens is 469 g/mol. The van der Waals surface area contributed by atoms with Gasteiger partial charge in [0.1, 0.15) is 5.82 Å². The molecule has 2 rings (SSSR count). The zero-order valence-corrected chi connectivity index (χ0v) is 15.7. The van der Waals surface area contributed by atoms with Crippen LogP contribution in [0.15, 0.2) is 24.5 Å². The molecule has 0 radical (unpaired) electrons. The molecule has 164 valence electrons. The number of halogens is 8. The van der Waals surface area contributed by atoms with E-state index in [1.54, 1.807) is 6.07 Å². The number of nitrogen functional groups attached to an aromatic ring is 3. The van der Waals surface area contributed by atoms with E-state index in [4.69, 9.17) is 40.4 Å². The third kappa shape index (κ3) is 6.52. The Morgan fingerprint density at radius 1 is 0.800 bits per heavy atom. The van der Waals surface area contributed by atoms with E-state index in [0.717, 1.165) is 6.07 Å². The SMILES string of the molecule is Nc1cc(Cl)cnc1N.Nc1cc(Cl)cnc1N(C(=O)C(F)(F)F)C(=O)C(F)(F)F. The Bertz CT molecular complexity index is 927. The van der Waals surface area contributed by atoms with Crippen LogP contribution in [-0.4, -0.2) is 34.1 Å². The first-order valence-corrected chi connectivity index (χ1v) is 7.91. The number of carbonyl (C=O) groups is 2. The van der Waals surface area contributed by atoms with Crippen molar-refractivity contribution in [1.82, 2.24) is 9.97 Å². The molecule has 16 heteroatoms. The first kappa shape index (κ1) is 25.0. The van der Waals surface area contributed by atoms with Crippen LogP contribution in [0.4, 0.5) is 49.4 Å². The number of nitrogens with two attached hydrogens (primary N) is 3. The van der Waals surface area contributed by atoms with Crippen molar-refractivity contribution in [3.8, 4) is 0 Å². The van der Waals surface area contributed by atoms with E-state index in [2.05, 4.69) is 9.97 Å². The highest BCUT2D eigenvalue weighted by atomic mass is 35.5. The van der Waals surface area contributed by atoms with Gasteiger partial charge in [-0.15, -0.1) is 0 Å². The van der Waals surface area contributed by atoms with Crippen LogP contribution < -0.4 is 22.1 Å². The van der Waals surface area contributed by atoms with E-state index in [0.29, 0.717) is 22.7 Å². The van der Waals surface area contributed by atoms with Gasteiger partial charge < -0.3 is 17.2 Å². The number of nitrogens with zero attached hydrogens (tertiary/aromatic N) is 3. The molecule has 0 aliphatic heterocycles. The van der Waals surface area contributed by atoms with Gasteiger partial charge in [0.25, 0.3) is 0 Å². The molecule has 30 heavy (non-hydrogen) atoms. The van der Waals surface area contributed by atoms with E-state index >= 15 is 0 Å². The van der Waals surface area contributed by atoms with Crippen LogP contribution in [0.2, 0.25) is 10.0 Å². The van der Waals surface area contributed by atoms with Gasteiger partial charge in [-0.05, 0) is 12.1 Å². The first-order chi connectivity index (χ1) is 13.6. The summed E-state index contributed by atoms with van der Waals surface area (Å²) < 4.78 is 74.0. The Labute approximate surface area is 173 Å². The van der Waals surface area contributed by atoms with Gasteiger partial charge in [0, 0.05) is 12.4 Å². The highest BCUT2D eigenvalue weighted by molar-refractivity contribution is 6.31. The highest BCUT2D eigenvalue weighted by Crippen LogP contribution is 2.31. The van der Waals surface area contributed by atoms with Gasteiger partial charge in [-0.1, -0.05) is 23.2 Å². The molecule has 6 N–H and O–H groups in total. The van der Waals surface area contributed by atoms with Crippen molar-refractivity contribution in [2.75, 3.05) is 22.1 Å². The summed E-state index contributed by atoms with van der Waals surface area (Å²) >= 11 is 10.9. The first-order valence-electron chi connectivity index (χ1n) is 7.15. The second-order valence-corrected chi connectivity index (χ2v) is 6.01. The van der Waals surface area contributed by atoms with Crippen LogP contribution in [0.1, 0.15) is 0 Å². The zero-order chi connectivity index (χ0) is 23.4. The Balaban J connectivity index is 0.000000414. The largest absolute Gasteiger partial charge is 0.472 e. The number of hydrogen-bond donors (Lipinski definition) is 3. The van der Waals surface area contributed by atoms with Crippen molar-refractivity contribution in [1.29, 1.82) is 0 Å². The monoisotopic (exact) mass is 478 g/mol. The van der Waals surface area contributed by atoms with E-state index < -0.39 is 40.6 Å².